The largest absolute Gasteiger partial charge is 0.393 e. The van der Waals surface area contributed by atoms with E-state index < -0.39 is 0 Å². The maximum Gasteiger partial charge on any atom is 0.0568 e. The van der Waals surface area contributed by atoms with Gasteiger partial charge >= 0.3 is 0 Å². The van der Waals surface area contributed by atoms with E-state index in [2.05, 4.69) is 34.6 Å². The summed E-state index contributed by atoms with van der Waals surface area (Å²) >= 11 is 0. The van der Waals surface area contributed by atoms with Crippen molar-refractivity contribution in [3.05, 3.63) is 0 Å². The van der Waals surface area contributed by atoms with Gasteiger partial charge in [0.15, 0.2) is 0 Å². The fraction of sp³-hybridized carbons (Fsp3) is 1.00. The summed E-state index contributed by atoms with van der Waals surface area (Å²) in [6.07, 6.45) is 6.00. The molecule has 0 aliphatic rings. The molecule has 0 radical (unpaired) electrons. The van der Waals surface area contributed by atoms with Crippen LogP contribution in [0.15, 0.2) is 0 Å². The predicted molar refractivity (Wildman–Crippen MR) is 67.9 cm³/mol. The summed E-state index contributed by atoms with van der Waals surface area (Å²) < 4.78 is 0. The van der Waals surface area contributed by atoms with Gasteiger partial charge < -0.3 is 5.11 Å². The van der Waals surface area contributed by atoms with Crippen LogP contribution in [0.2, 0.25) is 0 Å². The van der Waals surface area contributed by atoms with Crippen molar-refractivity contribution >= 4 is 0 Å². The monoisotopic (exact) mass is 214 g/mol. The maximum absolute atomic E-state index is 9.90. The fourth-order valence-corrected chi connectivity index (χ4v) is 1.79. The molecule has 2 atom stereocenters. The first-order valence-electron chi connectivity index (χ1n) is 6.63. The van der Waals surface area contributed by atoms with Gasteiger partial charge in [0.1, 0.15) is 0 Å². The molecule has 0 aromatic heterocycles. The Morgan fingerprint density at radius 1 is 0.800 bits per heavy atom. The summed E-state index contributed by atoms with van der Waals surface area (Å²) in [5, 5.41) is 9.90. The molecule has 0 fully saturated rings. The van der Waals surface area contributed by atoms with Gasteiger partial charge in [-0.25, -0.2) is 0 Å². The van der Waals surface area contributed by atoms with E-state index in [-0.39, 0.29) is 6.10 Å². The molecule has 0 aliphatic heterocycles. The van der Waals surface area contributed by atoms with Gasteiger partial charge in [0, 0.05) is 0 Å². The van der Waals surface area contributed by atoms with Crippen LogP contribution in [0.3, 0.4) is 0 Å². The smallest absolute Gasteiger partial charge is 0.0568 e. The maximum atomic E-state index is 9.90. The Bertz CT molecular complexity index is 140. The number of hydrogen-bond donors (Lipinski definition) is 1. The zero-order valence-corrected chi connectivity index (χ0v) is 11.3. The van der Waals surface area contributed by atoms with Crippen molar-refractivity contribution in [1.29, 1.82) is 0 Å². The van der Waals surface area contributed by atoms with Crippen molar-refractivity contribution < 1.29 is 5.11 Å². The van der Waals surface area contributed by atoms with Crippen LogP contribution in [-0.4, -0.2) is 11.2 Å². The molecule has 0 amide bonds. The van der Waals surface area contributed by atoms with E-state index in [4.69, 9.17) is 0 Å². The first-order chi connectivity index (χ1) is 6.95. The zero-order chi connectivity index (χ0) is 11.8. The van der Waals surface area contributed by atoms with E-state index in [0.717, 1.165) is 12.3 Å². The number of hydrogen-bond acceptors (Lipinski definition) is 1. The topological polar surface area (TPSA) is 20.2 Å². The SMILES string of the molecule is CC(C)CCCCCC(O)C(C)C(C)C. The number of rotatable bonds is 8. The third-order valence-corrected chi connectivity index (χ3v) is 3.44. The molecule has 0 heterocycles. The molecule has 2 unspecified atom stereocenters. The van der Waals surface area contributed by atoms with Crippen LogP contribution >= 0.6 is 0 Å². The summed E-state index contributed by atoms with van der Waals surface area (Å²) in [7, 11) is 0. The molecule has 0 rings (SSSR count). The number of unbranched alkanes of at least 4 members (excludes halogenated alkanes) is 2. The van der Waals surface area contributed by atoms with Crippen LogP contribution in [0.5, 0.6) is 0 Å². The Labute approximate surface area is 96.3 Å². The zero-order valence-electron chi connectivity index (χ0n) is 11.3. The van der Waals surface area contributed by atoms with Gasteiger partial charge in [0.25, 0.3) is 0 Å². The van der Waals surface area contributed by atoms with Crippen molar-refractivity contribution in [2.75, 3.05) is 0 Å². The molecule has 0 aliphatic carbocycles. The highest BCUT2D eigenvalue weighted by atomic mass is 16.3. The lowest BCUT2D eigenvalue weighted by Gasteiger charge is -2.22. The number of aliphatic hydroxyl groups excluding tert-OH is 1. The van der Waals surface area contributed by atoms with Gasteiger partial charge in [-0.15, -0.1) is 0 Å². The van der Waals surface area contributed by atoms with Crippen molar-refractivity contribution in [2.24, 2.45) is 17.8 Å². The third kappa shape index (κ3) is 7.84. The van der Waals surface area contributed by atoms with E-state index in [9.17, 15) is 5.11 Å². The lowest BCUT2D eigenvalue weighted by molar-refractivity contribution is 0.0812. The highest BCUT2D eigenvalue weighted by Gasteiger charge is 2.16. The van der Waals surface area contributed by atoms with Crippen molar-refractivity contribution in [1.82, 2.24) is 0 Å². The summed E-state index contributed by atoms with van der Waals surface area (Å²) in [6.45, 7) is 11.1. The van der Waals surface area contributed by atoms with Crippen LogP contribution in [0.1, 0.15) is 66.7 Å². The Hall–Kier alpha value is -0.0400. The van der Waals surface area contributed by atoms with Gasteiger partial charge in [-0.1, -0.05) is 60.3 Å². The van der Waals surface area contributed by atoms with E-state index in [1.165, 1.54) is 25.7 Å². The van der Waals surface area contributed by atoms with Crippen molar-refractivity contribution in [3.63, 3.8) is 0 Å². The Morgan fingerprint density at radius 2 is 1.33 bits per heavy atom. The van der Waals surface area contributed by atoms with E-state index in [1.807, 2.05) is 0 Å². The minimum Gasteiger partial charge on any atom is -0.393 e. The van der Waals surface area contributed by atoms with Gasteiger partial charge in [0.2, 0.25) is 0 Å². The van der Waals surface area contributed by atoms with Gasteiger partial charge in [0.05, 0.1) is 6.10 Å². The van der Waals surface area contributed by atoms with Crippen LogP contribution in [0.4, 0.5) is 0 Å². The Kier molecular flexibility index (Phi) is 8.13. The highest BCUT2D eigenvalue weighted by molar-refractivity contribution is 4.67. The Morgan fingerprint density at radius 3 is 1.80 bits per heavy atom. The highest BCUT2D eigenvalue weighted by Crippen LogP contribution is 2.19. The average molecular weight is 214 g/mol. The molecule has 1 heteroatoms. The lowest BCUT2D eigenvalue weighted by atomic mass is 9.89. The quantitative estimate of drug-likeness (QED) is 0.599. The van der Waals surface area contributed by atoms with Gasteiger partial charge in [-0.05, 0) is 24.2 Å². The minimum absolute atomic E-state index is 0.0935. The molecular weight excluding hydrogens is 184 g/mol. The molecule has 0 saturated carbocycles. The summed E-state index contributed by atoms with van der Waals surface area (Å²) in [6, 6.07) is 0. The molecule has 92 valence electrons. The fourth-order valence-electron chi connectivity index (χ4n) is 1.79. The van der Waals surface area contributed by atoms with Crippen LogP contribution < -0.4 is 0 Å². The third-order valence-electron chi connectivity index (χ3n) is 3.44. The molecule has 1 nitrogen and oxygen atoms in total. The van der Waals surface area contributed by atoms with E-state index in [0.29, 0.717) is 11.8 Å². The molecule has 0 bridgehead atoms. The molecule has 15 heavy (non-hydrogen) atoms. The molecular formula is C14H30O. The van der Waals surface area contributed by atoms with Gasteiger partial charge in [-0.3, -0.25) is 0 Å². The lowest BCUT2D eigenvalue weighted by Crippen LogP contribution is -2.22. The first-order valence-corrected chi connectivity index (χ1v) is 6.63. The van der Waals surface area contributed by atoms with Crippen LogP contribution in [0.25, 0.3) is 0 Å². The summed E-state index contributed by atoms with van der Waals surface area (Å²) in [4.78, 5) is 0. The molecule has 0 aromatic rings. The minimum atomic E-state index is -0.0935. The second-order valence-electron chi connectivity index (χ2n) is 5.70. The standard InChI is InChI=1S/C14H30O/c1-11(2)9-7-6-8-10-14(15)13(5)12(3)4/h11-15H,6-10H2,1-5H3. The first kappa shape index (κ1) is 15.0. The second-order valence-corrected chi connectivity index (χ2v) is 5.70. The normalized spacial score (nSPS) is 16.0. The van der Waals surface area contributed by atoms with Gasteiger partial charge in [-0.2, -0.15) is 0 Å². The molecule has 0 aromatic carbocycles. The number of aliphatic hydroxyl groups is 1. The second kappa shape index (κ2) is 8.15. The summed E-state index contributed by atoms with van der Waals surface area (Å²) in [5.74, 6) is 1.86. The summed E-state index contributed by atoms with van der Waals surface area (Å²) in [5.41, 5.74) is 0. The van der Waals surface area contributed by atoms with E-state index >= 15 is 0 Å². The molecule has 0 saturated heterocycles. The van der Waals surface area contributed by atoms with Crippen molar-refractivity contribution in [2.45, 2.75) is 72.8 Å². The Balaban J connectivity index is 3.42. The van der Waals surface area contributed by atoms with Crippen LogP contribution in [-0.2, 0) is 0 Å². The van der Waals surface area contributed by atoms with Crippen molar-refractivity contribution in [3.8, 4) is 0 Å². The molecule has 1 N–H and O–H groups in total. The predicted octanol–water partition coefficient (Wildman–Crippen LogP) is 4.25. The van der Waals surface area contributed by atoms with Crippen LogP contribution in [0, 0.1) is 17.8 Å². The average Bonchev–Trinajstić information content (AvgIpc) is 2.15. The molecule has 0 spiro atoms. The van der Waals surface area contributed by atoms with E-state index in [1.54, 1.807) is 0 Å².